The monoisotopic (exact) mass is 478 g/mol. The highest BCUT2D eigenvalue weighted by Gasteiger charge is 2.35. The molecule has 3 N–H and O–H groups in total. The van der Waals surface area contributed by atoms with E-state index in [4.69, 9.17) is 19.9 Å². The average Bonchev–Trinajstić information content (AvgIpc) is 3.26. The number of rotatable bonds is 5. The Morgan fingerprint density at radius 2 is 1.12 bits per heavy atom. The number of hydrogen-bond acceptors (Lipinski definition) is 7. The molecule has 188 valence electrons. The maximum atomic E-state index is 12.0. The molecule has 0 aromatic heterocycles. The van der Waals surface area contributed by atoms with Gasteiger partial charge in [0.2, 0.25) is 0 Å². The second-order valence-corrected chi connectivity index (χ2v) is 10.6. The summed E-state index contributed by atoms with van der Waals surface area (Å²) in [4.78, 5) is 35.0. The zero-order valence-electron chi connectivity index (χ0n) is 20.7. The predicted octanol–water partition coefficient (Wildman–Crippen LogP) is 4.41. The molecule has 2 aliphatic rings. The molecule has 0 heterocycles. The van der Waals surface area contributed by atoms with Crippen molar-refractivity contribution in [1.82, 2.24) is 5.32 Å². The molecular weight excluding hydrogens is 436 g/mol. The van der Waals surface area contributed by atoms with Crippen LogP contribution < -0.4 is 11.1 Å². The molecule has 2 aliphatic carbocycles. The molecule has 0 saturated heterocycles. The highest BCUT2D eigenvalue weighted by Crippen LogP contribution is 2.23. The van der Waals surface area contributed by atoms with Crippen molar-refractivity contribution in [2.24, 2.45) is 5.73 Å². The molecule has 0 aliphatic heterocycles. The Morgan fingerprint density at radius 3 is 1.47 bits per heavy atom. The zero-order valence-corrected chi connectivity index (χ0v) is 21.6. The topological polar surface area (TPSA) is 117 Å². The van der Waals surface area contributed by atoms with Crippen LogP contribution in [-0.2, 0) is 23.8 Å². The van der Waals surface area contributed by atoms with Crippen LogP contribution in [-0.4, -0.2) is 46.9 Å². The molecule has 32 heavy (non-hydrogen) atoms. The normalized spacial score (nSPS) is 17.5. The van der Waals surface area contributed by atoms with Crippen molar-refractivity contribution in [3.63, 3.8) is 0 Å². The summed E-state index contributed by atoms with van der Waals surface area (Å²) in [7, 11) is 0. The van der Waals surface area contributed by atoms with Gasteiger partial charge in [0.05, 0.1) is 0 Å². The first kappa shape index (κ1) is 30.5. The van der Waals surface area contributed by atoms with Crippen LogP contribution in [0.15, 0.2) is 0 Å². The molecule has 0 bridgehead atoms. The van der Waals surface area contributed by atoms with Crippen LogP contribution in [0.3, 0.4) is 0 Å². The highest BCUT2D eigenvalue weighted by molar-refractivity contribution is 5.85. The smallest absolute Gasteiger partial charge is 0.408 e. The molecule has 0 unspecified atom stereocenters. The van der Waals surface area contributed by atoms with E-state index in [1.807, 2.05) is 0 Å². The fraction of sp³-hybridized carbons (Fsp3) is 0.870. The van der Waals surface area contributed by atoms with E-state index in [0.717, 1.165) is 38.5 Å². The van der Waals surface area contributed by atoms with Crippen molar-refractivity contribution in [3.8, 4) is 0 Å². The lowest BCUT2D eigenvalue weighted by molar-refractivity contribution is -0.155. The summed E-state index contributed by atoms with van der Waals surface area (Å²) in [5, 5.41) is 2.55. The van der Waals surface area contributed by atoms with Crippen LogP contribution in [0.2, 0.25) is 0 Å². The maximum Gasteiger partial charge on any atom is 0.408 e. The van der Waals surface area contributed by atoms with Gasteiger partial charge in [0.1, 0.15) is 28.9 Å². The maximum absolute atomic E-state index is 12.0. The average molecular weight is 479 g/mol. The molecule has 2 fully saturated rings. The predicted molar refractivity (Wildman–Crippen MR) is 126 cm³/mol. The molecule has 0 radical (unpaired) electrons. The van der Waals surface area contributed by atoms with Crippen molar-refractivity contribution in [2.75, 3.05) is 0 Å². The second-order valence-electron chi connectivity index (χ2n) is 10.6. The molecule has 0 spiro atoms. The van der Waals surface area contributed by atoms with E-state index in [9.17, 15) is 14.4 Å². The summed E-state index contributed by atoms with van der Waals surface area (Å²) in [6.07, 6.45) is 7.86. The van der Waals surface area contributed by atoms with Gasteiger partial charge < -0.3 is 25.3 Å². The number of ether oxygens (including phenoxy) is 3. The summed E-state index contributed by atoms with van der Waals surface area (Å²) < 4.78 is 15.7. The van der Waals surface area contributed by atoms with Gasteiger partial charge in [0, 0.05) is 0 Å². The minimum Gasteiger partial charge on any atom is -0.461 e. The van der Waals surface area contributed by atoms with E-state index in [-0.39, 0.29) is 30.6 Å². The third-order valence-corrected chi connectivity index (χ3v) is 5.00. The van der Waals surface area contributed by atoms with Crippen LogP contribution >= 0.6 is 12.4 Å². The Morgan fingerprint density at radius 1 is 0.750 bits per heavy atom. The van der Waals surface area contributed by atoms with Gasteiger partial charge in [-0.2, -0.15) is 0 Å². The first-order valence-corrected chi connectivity index (χ1v) is 11.3. The minimum absolute atomic E-state index is 0. The second kappa shape index (κ2) is 12.6. The van der Waals surface area contributed by atoms with Crippen molar-refractivity contribution in [3.05, 3.63) is 0 Å². The summed E-state index contributed by atoms with van der Waals surface area (Å²) in [6.45, 7) is 11.9. The van der Waals surface area contributed by atoms with Crippen LogP contribution in [0, 0.1) is 0 Å². The van der Waals surface area contributed by atoms with Gasteiger partial charge in [-0.25, -0.2) is 9.59 Å². The Labute approximate surface area is 199 Å². The van der Waals surface area contributed by atoms with E-state index in [0.29, 0.717) is 0 Å². The summed E-state index contributed by atoms with van der Waals surface area (Å²) in [5.74, 6) is -0.695. The van der Waals surface area contributed by atoms with E-state index < -0.39 is 28.7 Å². The number of halogens is 1. The molecule has 2 rings (SSSR count). The van der Waals surface area contributed by atoms with E-state index in [1.165, 1.54) is 12.8 Å². The number of amides is 1. The van der Waals surface area contributed by atoms with Gasteiger partial charge in [-0.3, -0.25) is 4.79 Å². The molecular formula is C23H43ClN2O6. The lowest BCUT2D eigenvalue weighted by Gasteiger charge is -2.28. The summed E-state index contributed by atoms with van der Waals surface area (Å²) >= 11 is 0. The van der Waals surface area contributed by atoms with Gasteiger partial charge in [-0.15, -0.1) is 12.4 Å². The summed E-state index contributed by atoms with van der Waals surface area (Å²) in [6, 6.07) is 0. The lowest BCUT2D eigenvalue weighted by atomic mass is 10.1. The molecule has 0 aromatic rings. The fourth-order valence-electron chi connectivity index (χ4n) is 3.22. The number of nitrogens with two attached hydrogens (primary N) is 1. The van der Waals surface area contributed by atoms with E-state index >= 15 is 0 Å². The molecule has 1 amide bonds. The Kier molecular flexibility index (Phi) is 12.0. The molecule has 0 aromatic carbocycles. The number of carbonyl (C=O) groups excluding carboxylic acids is 3. The van der Waals surface area contributed by atoms with Crippen LogP contribution in [0.5, 0.6) is 0 Å². The summed E-state index contributed by atoms with van der Waals surface area (Å²) in [5.41, 5.74) is 3.07. The van der Waals surface area contributed by atoms with Crippen molar-refractivity contribution >= 4 is 30.4 Å². The van der Waals surface area contributed by atoms with Gasteiger partial charge >= 0.3 is 18.0 Å². The first-order valence-electron chi connectivity index (χ1n) is 11.3. The van der Waals surface area contributed by atoms with Crippen molar-refractivity contribution in [2.45, 2.75) is 129 Å². The number of alkyl carbamates (subject to hydrolysis) is 1. The number of esters is 2. The largest absolute Gasteiger partial charge is 0.461 e. The molecule has 9 heteroatoms. The quantitative estimate of drug-likeness (QED) is 0.444. The standard InChI is InChI=1S/C14H25NO4.C9H17NO2.ClH/c1-13(2,3)19-12(17)15-14(4,5)11(16)18-10-8-6-7-9-10;1-9(2,10)8(11)12-7-5-3-4-6-7;/h10H,6-9H2,1-5H3,(H,15,17);7H,3-6,10H2,1-2H3;1H. The number of nitrogens with one attached hydrogen (secondary N) is 1. The zero-order chi connectivity index (χ0) is 23.9. The SMILES string of the molecule is CC(C)(C)OC(=O)NC(C)(C)C(=O)OC1CCCC1.CC(C)(N)C(=O)OC1CCCC1.Cl. The third-order valence-electron chi connectivity index (χ3n) is 5.00. The Balaban J connectivity index is 0.000000639. The number of hydrogen-bond donors (Lipinski definition) is 2. The van der Waals surface area contributed by atoms with Gasteiger partial charge in [0.25, 0.3) is 0 Å². The van der Waals surface area contributed by atoms with Crippen LogP contribution in [0.1, 0.15) is 99.8 Å². The molecule has 8 nitrogen and oxygen atoms in total. The van der Waals surface area contributed by atoms with E-state index in [2.05, 4.69) is 5.32 Å². The first-order chi connectivity index (χ1) is 14.1. The Hall–Kier alpha value is -1.54. The van der Waals surface area contributed by atoms with Crippen molar-refractivity contribution < 1.29 is 28.6 Å². The highest BCUT2D eigenvalue weighted by atomic mass is 35.5. The van der Waals surface area contributed by atoms with Gasteiger partial charge in [-0.1, -0.05) is 0 Å². The van der Waals surface area contributed by atoms with Crippen LogP contribution in [0.25, 0.3) is 0 Å². The van der Waals surface area contributed by atoms with E-state index in [1.54, 1.807) is 48.5 Å². The molecule has 0 atom stereocenters. The minimum atomic E-state index is -1.08. The molecule has 2 saturated carbocycles. The Bertz CT molecular complexity index is 613. The van der Waals surface area contributed by atoms with Gasteiger partial charge in [0.15, 0.2) is 0 Å². The van der Waals surface area contributed by atoms with Crippen LogP contribution in [0.4, 0.5) is 4.79 Å². The fourth-order valence-corrected chi connectivity index (χ4v) is 3.22. The lowest BCUT2D eigenvalue weighted by Crippen LogP contribution is -2.52. The van der Waals surface area contributed by atoms with Gasteiger partial charge in [-0.05, 0) is 99.8 Å². The third kappa shape index (κ3) is 11.9. The van der Waals surface area contributed by atoms with Crippen molar-refractivity contribution in [1.29, 1.82) is 0 Å². The number of carbonyl (C=O) groups is 3.